The number of carbonyl (C=O) groups excluding carboxylic acids is 3. The van der Waals surface area contributed by atoms with Crippen molar-refractivity contribution in [3.05, 3.63) is 47.0 Å². The van der Waals surface area contributed by atoms with E-state index in [1.165, 1.54) is 16.2 Å². The van der Waals surface area contributed by atoms with Crippen molar-refractivity contribution in [2.24, 2.45) is 0 Å². The molecule has 0 saturated carbocycles. The summed E-state index contributed by atoms with van der Waals surface area (Å²) in [5, 5.41) is 7.72. The lowest BCUT2D eigenvalue weighted by atomic mass is 10.2. The van der Waals surface area contributed by atoms with Crippen LogP contribution in [0, 0.1) is 0 Å². The van der Waals surface area contributed by atoms with Crippen molar-refractivity contribution in [2.45, 2.75) is 32.7 Å². The van der Waals surface area contributed by atoms with E-state index in [-0.39, 0.29) is 43.3 Å². The van der Waals surface area contributed by atoms with Crippen LogP contribution in [0.25, 0.3) is 0 Å². The highest BCUT2D eigenvalue weighted by Gasteiger charge is 2.19. The summed E-state index contributed by atoms with van der Waals surface area (Å²) in [4.78, 5) is 42.9. The molecule has 0 aliphatic heterocycles. The normalized spacial score (nSPS) is 11.6. The van der Waals surface area contributed by atoms with Gasteiger partial charge >= 0.3 is 0 Å². The molecule has 0 fully saturated rings. The molecule has 2 aromatic rings. The largest absolute Gasteiger partial charge is 0.383 e. The SMILES string of the molecule is CCC(C)NC(=O)Cc1csc(NC(=O)CN(CCOC)C(=O)c2ccccc2)n1. The Bertz CT molecular complexity index is 841. The topological polar surface area (TPSA) is 101 Å². The molecule has 8 nitrogen and oxygen atoms in total. The Labute approximate surface area is 180 Å². The van der Waals surface area contributed by atoms with E-state index >= 15 is 0 Å². The van der Waals surface area contributed by atoms with E-state index in [4.69, 9.17) is 4.74 Å². The number of amides is 3. The number of ether oxygens (including phenoxy) is 1. The number of methoxy groups -OCH3 is 1. The Kier molecular flexibility index (Phi) is 9.43. The van der Waals surface area contributed by atoms with Crippen LogP contribution in [0.3, 0.4) is 0 Å². The quantitative estimate of drug-likeness (QED) is 0.568. The van der Waals surface area contributed by atoms with Crippen LogP contribution in [0.15, 0.2) is 35.7 Å². The van der Waals surface area contributed by atoms with Gasteiger partial charge in [0.1, 0.15) is 6.54 Å². The second kappa shape index (κ2) is 12.0. The summed E-state index contributed by atoms with van der Waals surface area (Å²) in [5.74, 6) is -0.712. The van der Waals surface area contributed by atoms with Crippen molar-refractivity contribution in [2.75, 3.05) is 32.1 Å². The molecule has 1 aromatic heterocycles. The lowest BCUT2D eigenvalue weighted by Crippen LogP contribution is -2.40. The molecule has 2 rings (SSSR count). The molecule has 0 bridgehead atoms. The highest BCUT2D eigenvalue weighted by molar-refractivity contribution is 7.13. The number of nitrogens with zero attached hydrogens (tertiary/aromatic N) is 2. The Balaban J connectivity index is 1.94. The summed E-state index contributed by atoms with van der Waals surface area (Å²) in [6.45, 7) is 4.42. The van der Waals surface area contributed by atoms with Gasteiger partial charge in [-0.25, -0.2) is 4.98 Å². The first-order valence-corrected chi connectivity index (χ1v) is 10.7. The predicted molar refractivity (Wildman–Crippen MR) is 117 cm³/mol. The average molecular weight is 433 g/mol. The fourth-order valence-corrected chi connectivity index (χ4v) is 3.31. The number of aromatic nitrogens is 1. The maximum atomic E-state index is 12.7. The molecule has 162 valence electrons. The monoisotopic (exact) mass is 432 g/mol. The first-order valence-electron chi connectivity index (χ1n) is 9.79. The molecule has 2 N–H and O–H groups in total. The van der Waals surface area contributed by atoms with Crippen molar-refractivity contribution in [1.29, 1.82) is 0 Å². The first kappa shape index (κ1) is 23.5. The first-order chi connectivity index (χ1) is 14.4. The van der Waals surface area contributed by atoms with Crippen LogP contribution in [0.2, 0.25) is 0 Å². The van der Waals surface area contributed by atoms with Gasteiger partial charge in [-0.3, -0.25) is 14.4 Å². The molecular formula is C21H28N4O4S. The minimum absolute atomic E-state index is 0.105. The fourth-order valence-electron chi connectivity index (χ4n) is 2.59. The molecule has 3 amide bonds. The molecule has 1 heterocycles. The third-order valence-corrected chi connectivity index (χ3v) is 5.17. The number of hydrogen-bond acceptors (Lipinski definition) is 6. The smallest absolute Gasteiger partial charge is 0.254 e. The van der Waals surface area contributed by atoms with Crippen LogP contribution >= 0.6 is 11.3 Å². The van der Waals surface area contributed by atoms with Crippen LogP contribution in [-0.4, -0.2) is 60.5 Å². The lowest BCUT2D eigenvalue weighted by molar-refractivity contribution is -0.121. The van der Waals surface area contributed by atoms with Gasteiger partial charge in [-0.05, 0) is 25.5 Å². The van der Waals surface area contributed by atoms with Crippen LogP contribution in [0.1, 0.15) is 36.3 Å². The van der Waals surface area contributed by atoms with E-state index in [2.05, 4.69) is 15.6 Å². The molecule has 0 aliphatic rings. The van der Waals surface area contributed by atoms with Gasteiger partial charge in [-0.15, -0.1) is 11.3 Å². The molecule has 0 spiro atoms. The third-order valence-electron chi connectivity index (χ3n) is 4.37. The molecular weight excluding hydrogens is 404 g/mol. The summed E-state index contributed by atoms with van der Waals surface area (Å²) in [6, 6.07) is 8.89. The molecule has 1 atom stereocenters. The fraction of sp³-hybridized carbons (Fsp3) is 0.429. The molecule has 0 aliphatic carbocycles. The van der Waals surface area contributed by atoms with Gasteiger partial charge in [0.15, 0.2) is 5.13 Å². The number of nitrogens with one attached hydrogen (secondary N) is 2. The van der Waals surface area contributed by atoms with Gasteiger partial charge in [0, 0.05) is 30.6 Å². The zero-order chi connectivity index (χ0) is 21.9. The second-order valence-electron chi connectivity index (χ2n) is 6.83. The highest BCUT2D eigenvalue weighted by Crippen LogP contribution is 2.16. The third kappa shape index (κ3) is 7.57. The minimum atomic E-state index is -0.361. The van der Waals surface area contributed by atoms with E-state index in [0.717, 1.165) is 6.42 Å². The minimum Gasteiger partial charge on any atom is -0.383 e. The number of hydrogen-bond donors (Lipinski definition) is 2. The van der Waals surface area contributed by atoms with Gasteiger partial charge in [-0.1, -0.05) is 25.1 Å². The number of thiazole rings is 1. The van der Waals surface area contributed by atoms with Crippen LogP contribution in [0.5, 0.6) is 0 Å². The van der Waals surface area contributed by atoms with E-state index in [1.54, 1.807) is 36.8 Å². The van der Waals surface area contributed by atoms with Gasteiger partial charge < -0.3 is 20.3 Å². The Morgan fingerprint density at radius 2 is 1.93 bits per heavy atom. The van der Waals surface area contributed by atoms with E-state index < -0.39 is 0 Å². The maximum Gasteiger partial charge on any atom is 0.254 e. The maximum absolute atomic E-state index is 12.7. The molecule has 0 radical (unpaired) electrons. The summed E-state index contributed by atoms with van der Waals surface area (Å²) in [7, 11) is 1.54. The lowest BCUT2D eigenvalue weighted by Gasteiger charge is -2.21. The van der Waals surface area contributed by atoms with Gasteiger partial charge in [0.05, 0.1) is 18.7 Å². The van der Waals surface area contributed by atoms with Crippen LogP contribution in [0.4, 0.5) is 5.13 Å². The van der Waals surface area contributed by atoms with Gasteiger partial charge in [0.25, 0.3) is 5.91 Å². The summed E-state index contributed by atoms with van der Waals surface area (Å²) < 4.78 is 5.06. The molecule has 30 heavy (non-hydrogen) atoms. The van der Waals surface area contributed by atoms with Gasteiger partial charge in [-0.2, -0.15) is 0 Å². The van der Waals surface area contributed by atoms with Crippen molar-refractivity contribution >= 4 is 34.2 Å². The number of benzene rings is 1. The zero-order valence-electron chi connectivity index (χ0n) is 17.5. The standard InChI is InChI=1S/C21H28N4O4S/c1-4-15(2)22-18(26)12-17-14-30-21(23-17)24-19(27)13-25(10-11-29-3)20(28)16-8-6-5-7-9-16/h5-9,14-15H,4,10-13H2,1-3H3,(H,22,26)(H,23,24,27). The summed E-state index contributed by atoms with van der Waals surface area (Å²) in [6.07, 6.45) is 1.01. The predicted octanol–water partition coefficient (Wildman–Crippen LogP) is 2.33. The summed E-state index contributed by atoms with van der Waals surface area (Å²) in [5.41, 5.74) is 1.10. The van der Waals surface area contributed by atoms with E-state index in [9.17, 15) is 14.4 Å². The average Bonchev–Trinajstić information content (AvgIpc) is 3.17. The van der Waals surface area contributed by atoms with E-state index in [0.29, 0.717) is 23.0 Å². The molecule has 1 unspecified atom stereocenters. The van der Waals surface area contributed by atoms with Crippen LogP contribution < -0.4 is 10.6 Å². The van der Waals surface area contributed by atoms with E-state index in [1.807, 2.05) is 19.9 Å². The van der Waals surface area contributed by atoms with Crippen LogP contribution in [-0.2, 0) is 20.7 Å². The molecule has 1 aromatic carbocycles. The number of rotatable bonds is 11. The Morgan fingerprint density at radius 3 is 2.60 bits per heavy atom. The Hall–Kier alpha value is -2.78. The van der Waals surface area contributed by atoms with Crippen molar-refractivity contribution in [1.82, 2.24) is 15.2 Å². The molecule has 9 heteroatoms. The number of carbonyl (C=O) groups is 3. The second-order valence-corrected chi connectivity index (χ2v) is 7.69. The molecule has 0 saturated heterocycles. The van der Waals surface area contributed by atoms with Crippen molar-refractivity contribution in [3.8, 4) is 0 Å². The Morgan fingerprint density at radius 1 is 1.20 bits per heavy atom. The zero-order valence-corrected chi connectivity index (χ0v) is 18.3. The summed E-state index contributed by atoms with van der Waals surface area (Å²) >= 11 is 1.24. The van der Waals surface area contributed by atoms with Gasteiger partial charge in [0.2, 0.25) is 11.8 Å². The van der Waals surface area contributed by atoms with Crippen molar-refractivity contribution < 1.29 is 19.1 Å². The van der Waals surface area contributed by atoms with Crippen molar-refractivity contribution in [3.63, 3.8) is 0 Å². The number of anilines is 1. The highest BCUT2D eigenvalue weighted by atomic mass is 32.1.